The fourth-order valence-electron chi connectivity index (χ4n) is 2.04. The molecule has 0 unspecified atom stereocenters. The van der Waals surface area contributed by atoms with Crippen molar-refractivity contribution in [1.82, 2.24) is 10.6 Å². The SMILES string of the molecule is COc1ccc(OCC(=O)NC(=S)N[C@H](C)c2ccccc2)cc1. The van der Waals surface area contributed by atoms with Crippen molar-refractivity contribution in [2.45, 2.75) is 13.0 Å². The maximum absolute atomic E-state index is 11.9. The monoisotopic (exact) mass is 344 g/mol. The quantitative estimate of drug-likeness (QED) is 0.789. The molecular formula is C18H20N2O3S. The van der Waals surface area contributed by atoms with Crippen LogP contribution in [0.2, 0.25) is 0 Å². The Hall–Kier alpha value is -2.60. The fraction of sp³-hybridized carbons (Fsp3) is 0.222. The Balaban J connectivity index is 1.76. The largest absolute Gasteiger partial charge is 0.497 e. The summed E-state index contributed by atoms with van der Waals surface area (Å²) in [5.74, 6) is 0.998. The van der Waals surface area contributed by atoms with E-state index in [1.54, 1.807) is 31.4 Å². The average molecular weight is 344 g/mol. The van der Waals surface area contributed by atoms with Gasteiger partial charge in [0.05, 0.1) is 13.2 Å². The van der Waals surface area contributed by atoms with Gasteiger partial charge in [0.25, 0.3) is 5.91 Å². The topological polar surface area (TPSA) is 59.6 Å². The van der Waals surface area contributed by atoms with Crippen molar-refractivity contribution in [2.75, 3.05) is 13.7 Å². The number of ether oxygens (including phenoxy) is 2. The number of rotatable bonds is 6. The van der Waals surface area contributed by atoms with E-state index < -0.39 is 0 Å². The molecule has 0 aliphatic rings. The molecule has 126 valence electrons. The molecule has 2 rings (SSSR count). The molecule has 1 atom stereocenters. The lowest BCUT2D eigenvalue weighted by molar-refractivity contribution is -0.121. The summed E-state index contributed by atoms with van der Waals surface area (Å²) in [4.78, 5) is 11.9. The van der Waals surface area contributed by atoms with Crippen LogP contribution in [0.5, 0.6) is 11.5 Å². The second-order valence-corrected chi connectivity index (χ2v) is 5.53. The number of nitrogens with one attached hydrogen (secondary N) is 2. The molecule has 0 aromatic heterocycles. The van der Waals surface area contributed by atoms with E-state index in [2.05, 4.69) is 10.6 Å². The molecular weight excluding hydrogens is 324 g/mol. The molecule has 0 saturated carbocycles. The van der Waals surface area contributed by atoms with Crippen LogP contribution in [0.15, 0.2) is 54.6 Å². The first-order valence-corrected chi connectivity index (χ1v) is 7.91. The van der Waals surface area contributed by atoms with Crippen LogP contribution in [0.3, 0.4) is 0 Å². The minimum Gasteiger partial charge on any atom is -0.497 e. The van der Waals surface area contributed by atoms with Gasteiger partial charge in [-0.1, -0.05) is 30.3 Å². The van der Waals surface area contributed by atoms with Crippen molar-refractivity contribution in [1.29, 1.82) is 0 Å². The standard InChI is InChI=1S/C18H20N2O3S/c1-13(14-6-4-3-5-7-14)19-18(24)20-17(21)12-23-16-10-8-15(22-2)9-11-16/h3-11,13H,12H2,1-2H3,(H2,19,20,21,24)/t13-/m1/s1. The van der Waals surface area contributed by atoms with Crippen molar-refractivity contribution in [3.63, 3.8) is 0 Å². The maximum atomic E-state index is 11.9. The molecule has 0 aliphatic heterocycles. The Morgan fingerprint density at radius 1 is 1.08 bits per heavy atom. The molecule has 6 heteroatoms. The molecule has 0 bridgehead atoms. The number of thiocarbonyl (C=S) groups is 1. The Morgan fingerprint density at radius 3 is 2.33 bits per heavy atom. The van der Waals surface area contributed by atoms with Gasteiger partial charge in [0.2, 0.25) is 0 Å². The van der Waals surface area contributed by atoms with Gasteiger partial charge in [-0.3, -0.25) is 4.79 Å². The predicted octanol–water partition coefficient (Wildman–Crippen LogP) is 2.83. The average Bonchev–Trinajstić information content (AvgIpc) is 2.61. The molecule has 1 amide bonds. The Labute approximate surface area is 147 Å². The predicted molar refractivity (Wildman–Crippen MR) is 97.2 cm³/mol. The number of carbonyl (C=O) groups excluding carboxylic acids is 1. The van der Waals surface area contributed by atoms with Crippen molar-refractivity contribution < 1.29 is 14.3 Å². The number of amides is 1. The Morgan fingerprint density at radius 2 is 1.71 bits per heavy atom. The highest BCUT2D eigenvalue weighted by Crippen LogP contribution is 2.16. The van der Waals surface area contributed by atoms with Crippen LogP contribution in [0.1, 0.15) is 18.5 Å². The lowest BCUT2D eigenvalue weighted by Gasteiger charge is -2.16. The zero-order valence-electron chi connectivity index (χ0n) is 13.6. The summed E-state index contributed by atoms with van der Waals surface area (Å²) in [5, 5.41) is 5.95. The molecule has 0 spiro atoms. The maximum Gasteiger partial charge on any atom is 0.264 e. The van der Waals surface area contributed by atoms with Crippen LogP contribution in [-0.4, -0.2) is 24.7 Å². The van der Waals surface area contributed by atoms with Crippen LogP contribution in [0.4, 0.5) is 0 Å². The van der Waals surface area contributed by atoms with E-state index in [9.17, 15) is 4.79 Å². The number of hydrogen-bond acceptors (Lipinski definition) is 4. The molecule has 24 heavy (non-hydrogen) atoms. The van der Waals surface area contributed by atoms with E-state index in [1.807, 2.05) is 37.3 Å². The van der Waals surface area contributed by atoms with E-state index in [4.69, 9.17) is 21.7 Å². The smallest absolute Gasteiger partial charge is 0.264 e. The van der Waals surface area contributed by atoms with Crippen molar-refractivity contribution in [2.24, 2.45) is 0 Å². The second-order valence-electron chi connectivity index (χ2n) is 5.12. The van der Waals surface area contributed by atoms with Crippen molar-refractivity contribution in [3.05, 3.63) is 60.2 Å². The lowest BCUT2D eigenvalue weighted by Crippen LogP contribution is -2.42. The number of hydrogen-bond donors (Lipinski definition) is 2. The van der Waals surface area contributed by atoms with Gasteiger partial charge in [0.1, 0.15) is 11.5 Å². The molecule has 5 nitrogen and oxygen atoms in total. The molecule has 0 aliphatic carbocycles. The van der Waals surface area contributed by atoms with Crippen LogP contribution in [-0.2, 0) is 4.79 Å². The first-order valence-electron chi connectivity index (χ1n) is 7.50. The van der Waals surface area contributed by atoms with Gasteiger partial charge in [0.15, 0.2) is 11.7 Å². The molecule has 0 heterocycles. The fourth-order valence-corrected chi connectivity index (χ4v) is 2.33. The summed E-state index contributed by atoms with van der Waals surface area (Å²) in [6.45, 7) is 1.86. The highest BCUT2D eigenvalue weighted by molar-refractivity contribution is 7.80. The minimum absolute atomic E-state index is 0.00139. The highest BCUT2D eigenvalue weighted by atomic mass is 32.1. The summed E-state index contributed by atoms with van der Waals surface area (Å²) in [7, 11) is 1.59. The van der Waals surface area contributed by atoms with Crippen LogP contribution < -0.4 is 20.1 Å². The third kappa shape index (κ3) is 5.55. The summed E-state index contributed by atoms with van der Waals surface area (Å²) in [6, 6.07) is 16.9. The van der Waals surface area contributed by atoms with E-state index in [-0.39, 0.29) is 23.7 Å². The van der Waals surface area contributed by atoms with Gasteiger partial charge in [-0.25, -0.2) is 0 Å². The molecule has 0 fully saturated rings. The minimum atomic E-state index is -0.316. The zero-order chi connectivity index (χ0) is 17.4. The van der Waals surface area contributed by atoms with E-state index in [0.717, 1.165) is 11.3 Å². The molecule has 0 radical (unpaired) electrons. The summed E-state index contributed by atoms with van der Waals surface area (Å²) in [6.07, 6.45) is 0. The normalized spacial score (nSPS) is 11.2. The summed E-state index contributed by atoms with van der Waals surface area (Å²) >= 11 is 5.16. The van der Waals surface area contributed by atoms with Crippen LogP contribution in [0.25, 0.3) is 0 Å². The second kappa shape index (κ2) is 8.88. The molecule has 2 aromatic carbocycles. The number of carbonyl (C=O) groups is 1. The first-order chi connectivity index (χ1) is 11.6. The van der Waals surface area contributed by atoms with E-state index >= 15 is 0 Å². The van der Waals surface area contributed by atoms with Crippen molar-refractivity contribution >= 4 is 23.2 Å². The third-order valence-corrected chi connectivity index (χ3v) is 3.55. The third-order valence-electron chi connectivity index (χ3n) is 3.33. The molecule has 2 aromatic rings. The van der Waals surface area contributed by atoms with Crippen LogP contribution >= 0.6 is 12.2 Å². The van der Waals surface area contributed by atoms with Gasteiger partial charge in [-0.05, 0) is 49.0 Å². The van der Waals surface area contributed by atoms with Gasteiger partial charge in [-0.2, -0.15) is 0 Å². The van der Waals surface area contributed by atoms with Gasteiger partial charge >= 0.3 is 0 Å². The zero-order valence-corrected chi connectivity index (χ0v) is 14.4. The summed E-state index contributed by atoms with van der Waals surface area (Å²) < 4.78 is 10.5. The molecule has 2 N–H and O–H groups in total. The number of benzene rings is 2. The molecule has 0 saturated heterocycles. The Kier molecular flexibility index (Phi) is 6.57. The van der Waals surface area contributed by atoms with Gasteiger partial charge in [0, 0.05) is 0 Å². The lowest BCUT2D eigenvalue weighted by atomic mass is 10.1. The van der Waals surface area contributed by atoms with E-state index in [0.29, 0.717) is 5.75 Å². The number of methoxy groups -OCH3 is 1. The highest BCUT2D eigenvalue weighted by Gasteiger charge is 2.09. The van der Waals surface area contributed by atoms with E-state index in [1.165, 1.54) is 0 Å². The van der Waals surface area contributed by atoms with Gasteiger partial charge < -0.3 is 20.1 Å². The Bertz CT molecular complexity index is 674. The first kappa shape index (κ1) is 17.7. The van der Waals surface area contributed by atoms with Crippen molar-refractivity contribution in [3.8, 4) is 11.5 Å². The van der Waals surface area contributed by atoms with Crippen LogP contribution in [0, 0.1) is 0 Å². The summed E-state index contributed by atoms with van der Waals surface area (Å²) in [5.41, 5.74) is 1.09. The van der Waals surface area contributed by atoms with Gasteiger partial charge in [-0.15, -0.1) is 0 Å².